The minimum absolute atomic E-state index is 0.0972. The molecule has 0 bridgehead atoms. The van der Waals surface area contributed by atoms with Crippen LogP contribution in [-0.4, -0.2) is 17.1 Å². The van der Waals surface area contributed by atoms with Crippen molar-refractivity contribution in [2.75, 3.05) is 7.05 Å². The van der Waals surface area contributed by atoms with Crippen molar-refractivity contribution in [3.05, 3.63) is 86.6 Å². The third kappa shape index (κ3) is 3.86. The second-order valence-corrected chi connectivity index (χ2v) is 7.83. The van der Waals surface area contributed by atoms with Gasteiger partial charge in [-0.2, -0.15) is 0 Å². The van der Waals surface area contributed by atoms with E-state index < -0.39 is 0 Å². The van der Waals surface area contributed by atoms with E-state index in [4.69, 9.17) is 8.83 Å². The minimum Gasteiger partial charge on any atom is -0.507 e. The lowest BCUT2D eigenvalue weighted by molar-refractivity contribution is 0.281. The highest BCUT2D eigenvalue weighted by Crippen LogP contribution is 2.31. The molecule has 0 aliphatic rings. The van der Waals surface area contributed by atoms with Crippen LogP contribution in [0.1, 0.15) is 17.1 Å². The van der Waals surface area contributed by atoms with Crippen molar-refractivity contribution in [2.24, 2.45) is 0 Å². The number of phenols is 1. The molecule has 0 aliphatic carbocycles. The molecule has 2 aromatic carbocycles. The number of halogens is 1. The fourth-order valence-electron chi connectivity index (χ4n) is 3.53. The Hall–Kier alpha value is -2.83. The van der Waals surface area contributed by atoms with Crippen molar-refractivity contribution in [3.63, 3.8) is 0 Å². The number of aryl methyl sites for hydroxylation is 1. The van der Waals surface area contributed by atoms with Crippen LogP contribution in [0.25, 0.3) is 22.1 Å². The number of furan rings is 1. The zero-order chi connectivity index (χ0) is 20.5. The quantitative estimate of drug-likeness (QED) is 0.434. The van der Waals surface area contributed by atoms with Crippen molar-refractivity contribution in [1.82, 2.24) is 4.90 Å². The number of fused-ring (bicyclic) bond motifs is 1. The van der Waals surface area contributed by atoms with Gasteiger partial charge in [0.1, 0.15) is 22.9 Å². The third-order valence-electron chi connectivity index (χ3n) is 4.86. The maximum atomic E-state index is 13.2. The van der Waals surface area contributed by atoms with Crippen LogP contribution < -0.4 is 5.43 Å². The van der Waals surface area contributed by atoms with E-state index in [2.05, 4.69) is 15.9 Å². The zero-order valence-electron chi connectivity index (χ0n) is 16.1. The topological polar surface area (TPSA) is 66.8 Å². The van der Waals surface area contributed by atoms with Gasteiger partial charge < -0.3 is 13.9 Å². The molecule has 2 heterocycles. The lowest BCUT2D eigenvalue weighted by atomic mass is 10.0. The molecule has 4 aromatic rings. The van der Waals surface area contributed by atoms with Gasteiger partial charge in [0.25, 0.3) is 0 Å². The summed E-state index contributed by atoms with van der Waals surface area (Å²) in [7, 11) is 1.91. The van der Waals surface area contributed by atoms with Gasteiger partial charge in [-0.15, -0.1) is 0 Å². The van der Waals surface area contributed by atoms with Gasteiger partial charge in [-0.3, -0.25) is 9.69 Å². The Morgan fingerprint density at radius 2 is 1.76 bits per heavy atom. The Balaban J connectivity index is 1.77. The van der Waals surface area contributed by atoms with Gasteiger partial charge in [0.05, 0.1) is 23.1 Å². The average molecular weight is 454 g/mol. The monoisotopic (exact) mass is 453 g/mol. The van der Waals surface area contributed by atoms with Gasteiger partial charge in [-0.25, -0.2) is 0 Å². The summed E-state index contributed by atoms with van der Waals surface area (Å²) in [6, 6.07) is 16.4. The Bertz CT molecular complexity index is 1230. The first-order valence-electron chi connectivity index (χ1n) is 9.20. The Morgan fingerprint density at radius 3 is 2.45 bits per heavy atom. The Morgan fingerprint density at radius 1 is 1.00 bits per heavy atom. The van der Waals surface area contributed by atoms with Crippen LogP contribution in [0.3, 0.4) is 0 Å². The van der Waals surface area contributed by atoms with Crippen LogP contribution in [-0.2, 0) is 13.1 Å². The highest BCUT2D eigenvalue weighted by molar-refractivity contribution is 9.10. The molecular formula is C23H20BrNO4. The standard InChI is InChI=1S/C23H20BrNO4/c1-14-21(15-6-4-3-5-7-15)22(27)17-9-10-19(26)18(23(17)28-14)13-25(2)12-16-8-11-20(24)29-16/h3-11,26H,12-13H2,1-2H3. The summed E-state index contributed by atoms with van der Waals surface area (Å²) >= 11 is 3.30. The van der Waals surface area contributed by atoms with E-state index in [1.807, 2.05) is 54.4 Å². The Labute approximate surface area is 176 Å². The number of phenolic OH excluding ortho intramolecular Hbond substituents is 1. The van der Waals surface area contributed by atoms with Gasteiger partial charge in [0, 0.05) is 6.54 Å². The lowest BCUT2D eigenvalue weighted by Gasteiger charge is -2.18. The van der Waals surface area contributed by atoms with Crippen LogP contribution in [0.2, 0.25) is 0 Å². The van der Waals surface area contributed by atoms with Crippen LogP contribution in [0.4, 0.5) is 0 Å². The highest BCUT2D eigenvalue weighted by Gasteiger charge is 2.19. The zero-order valence-corrected chi connectivity index (χ0v) is 17.7. The molecule has 0 unspecified atom stereocenters. The second-order valence-electron chi connectivity index (χ2n) is 7.05. The molecule has 0 saturated heterocycles. The minimum atomic E-state index is -0.103. The summed E-state index contributed by atoms with van der Waals surface area (Å²) < 4.78 is 12.3. The smallest absolute Gasteiger partial charge is 0.200 e. The molecule has 0 amide bonds. The van der Waals surface area contributed by atoms with Crippen LogP contribution in [0.5, 0.6) is 5.75 Å². The fourth-order valence-corrected chi connectivity index (χ4v) is 3.87. The first-order chi connectivity index (χ1) is 13.9. The molecule has 0 saturated carbocycles. The predicted molar refractivity (Wildman–Crippen MR) is 116 cm³/mol. The third-order valence-corrected chi connectivity index (χ3v) is 5.29. The van der Waals surface area contributed by atoms with Gasteiger partial charge >= 0.3 is 0 Å². The first-order valence-corrected chi connectivity index (χ1v) is 10.00. The lowest BCUT2D eigenvalue weighted by Crippen LogP contribution is -2.18. The Kier molecular flexibility index (Phi) is 5.30. The number of aromatic hydroxyl groups is 1. The maximum absolute atomic E-state index is 13.2. The average Bonchev–Trinajstić information content (AvgIpc) is 3.09. The van der Waals surface area contributed by atoms with Crippen LogP contribution in [0, 0.1) is 6.92 Å². The van der Waals surface area contributed by atoms with Crippen molar-refractivity contribution in [2.45, 2.75) is 20.0 Å². The van der Waals surface area contributed by atoms with Gasteiger partial charge in [-0.1, -0.05) is 30.3 Å². The number of benzene rings is 2. The fraction of sp³-hybridized carbons (Fsp3) is 0.174. The molecule has 0 fully saturated rings. The number of nitrogens with zero attached hydrogens (tertiary/aromatic N) is 1. The van der Waals surface area contributed by atoms with Gasteiger partial charge in [0.15, 0.2) is 4.67 Å². The van der Waals surface area contributed by atoms with Crippen molar-refractivity contribution < 1.29 is 13.9 Å². The summed E-state index contributed by atoms with van der Waals surface area (Å²) in [5.74, 6) is 1.42. The normalized spacial score (nSPS) is 11.4. The van der Waals surface area contributed by atoms with E-state index in [9.17, 15) is 9.90 Å². The van der Waals surface area contributed by atoms with Crippen LogP contribution in [0.15, 0.2) is 72.9 Å². The molecule has 29 heavy (non-hydrogen) atoms. The molecule has 1 N–H and O–H groups in total. The summed E-state index contributed by atoms with van der Waals surface area (Å²) in [5.41, 5.74) is 2.25. The molecule has 6 heteroatoms. The predicted octanol–water partition coefficient (Wildman–Crippen LogP) is 5.46. The van der Waals surface area contributed by atoms with Gasteiger partial charge in [-0.05, 0) is 59.7 Å². The first kappa shape index (κ1) is 19.5. The van der Waals surface area contributed by atoms with Crippen molar-refractivity contribution >= 4 is 26.9 Å². The molecule has 5 nitrogen and oxygen atoms in total. The molecule has 2 aromatic heterocycles. The highest BCUT2D eigenvalue weighted by atomic mass is 79.9. The van der Waals surface area contributed by atoms with E-state index >= 15 is 0 Å². The SMILES string of the molecule is Cc1oc2c(CN(C)Cc3ccc(Br)o3)c(O)ccc2c(=O)c1-c1ccccc1. The summed E-state index contributed by atoms with van der Waals surface area (Å²) in [6.07, 6.45) is 0. The number of hydrogen-bond donors (Lipinski definition) is 1. The number of rotatable bonds is 5. The summed E-state index contributed by atoms with van der Waals surface area (Å²) in [4.78, 5) is 15.2. The summed E-state index contributed by atoms with van der Waals surface area (Å²) in [6.45, 7) is 2.72. The molecule has 0 radical (unpaired) electrons. The van der Waals surface area contributed by atoms with Gasteiger partial charge in [0.2, 0.25) is 5.43 Å². The van der Waals surface area contributed by atoms with E-state index in [-0.39, 0.29) is 11.2 Å². The van der Waals surface area contributed by atoms with Crippen LogP contribution >= 0.6 is 15.9 Å². The van der Waals surface area contributed by atoms with E-state index in [0.29, 0.717) is 45.6 Å². The molecule has 4 rings (SSSR count). The molecular weight excluding hydrogens is 434 g/mol. The maximum Gasteiger partial charge on any atom is 0.200 e. The molecule has 0 atom stereocenters. The molecule has 148 valence electrons. The van der Waals surface area contributed by atoms with Crippen molar-refractivity contribution in [1.29, 1.82) is 0 Å². The van der Waals surface area contributed by atoms with E-state index in [1.54, 1.807) is 19.1 Å². The number of hydrogen-bond acceptors (Lipinski definition) is 5. The summed E-state index contributed by atoms with van der Waals surface area (Å²) in [5, 5.41) is 10.9. The molecule has 0 spiro atoms. The largest absolute Gasteiger partial charge is 0.507 e. The van der Waals surface area contributed by atoms with E-state index in [0.717, 1.165) is 11.3 Å². The van der Waals surface area contributed by atoms with E-state index in [1.165, 1.54) is 0 Å². The van der Waals surface area contributed by atoms with Crippen molar-refractivity contribution in [3.8, 4) is 16.9 Å². The molecule has 0 aliphatic heterocycles. The second kappa shape index (κ2) is 7.89.